The monoisotopic (exact) mass is 297 g/mol. The predicted octanol–water partition coefficient (Wildman–Crippen LogP) is 3.41. The van der Waals surface area contributed by atoms with Crippen LogP contribution in [0.1, 0.15) is 10.6 Å². The van der Waals surface area contributed by atoms with E-state index in [9.17, 15) is 0 Å². The Morgan fingerprint density at radius 3 is 2.88 bits per heavy atom. The van der Waals surface area contributed by atoms with Gasteiger partial charge in [0.15, 0.2) is 0 Å². The first-order valence-corrected chi connectivity index (χ1v) is 6.53. The van der Waals surface area contributed by atoms with Gasteiger partial charge in [0, 0.05) is 10.6 Å². The van der Waals surface area contributed by atoms with E-state index in [0.29, 0.717) is 0 Å². The zero-order valence-electron chi connectivity index (χ0n) is 8.83. The number of nitrogen functional groups attached to an aromatic ring is 1. The maximum atomic E-state index is 5.81. The summed E-state index contributed by atoms with van der Waals surface area (Å²) in [6, 6.07) is 5.86. The maximum Gasteiger partial charge on any atom is 0.106 e. The zero-order chi connectivity index (χ0) is 11.5. The van der Waals surface area contributed by atoms with Gasteiger partial charge in [-0.3, -0.25) is 0 Å². The summed E-state index contributed by atoms with van der Waals surface area (Å²) in [7, 11) is 0. The largest absolute Gasteiger partial charge is 0.398 e. The van der Waals surface area contributed by atoms with Crippen molar-refractivity contribution in [2.45, 2.75) is 13.5 Å². The molecule has 2 rings (SSSR count). The van der Waals surface area contributed by atoms with E-state index in [-0.39, 0.29) is 0 Å². The van der Waals surface area contributed by atoms with Gasteiger partial charge >= 0.3 is 0 Å². The molecule has 2 aromatic rings. The van der Waals surface area contributed by atoms with Gasteiger partial charge in [-0.25, -0.2) is 4.98 Å². The van der Waals surface area contributed by atoms with E-state index in [2.05, 4.69) is 26.2 Å². The average molecular weight is 298 g/mol. The summed E-state index contributed by atoms with van der Waals surface area (Å²) in [6.45, 7) is 2.72. The third-order valence-corrected chi connectivity index (χ3v) is 3.65. The zero-order valence-corrected chi connectivity index (χ0v) is 11.2. The molecule has 2 heterocycles. The number of nitrogens with two attached hydrogens (primary N) is 1. The van der Waals surface area contributed by atoms with Crippen LogP contribution in [0.25, 0.3) is 0 Å². The standard InChI is InChI=1S/C11H12BrN3S/c1-7-9(2-3-11(12)15-7)14-6-10-8(13)4-5-16-10/h2-5,14H,6,13H2,1H3. The second-order valence-corrected chi connectivity index (χ2v) is 5.23. The lowest BCUT2D eigenvalue weighted by Crippen LogP contribution is -2.02. The van der Waals surface area contributed by atoms with Crippen LogP contribution in [0.4, 0.5) is 11.4 Å². The fourth-order valence-electron chi connectivity index (χ4n) is 1.39. The number of hydrogen-bond acceptors (Lipinski definition) is 4. The molecule has 0 bridgehead atoms. The molecule has 0 atom stereocenters. The molecule has 0 saturated carbocycles. The molecule has 0 unspecified atom stereocenters. The summed E-state index contributed by atoms with van der Waals surface area (Å²) in [4.78, 5) is 5.48. The van der Waals surface area contributed by atoms with Gasteiger partial charge in [-0.1, -0.05) is 0 Å². The molecule has 3 nitrogen and oxygen atoms in total. The predicted molar refractivity (Wildman–Crippen MR) is 72.7 cm³/mol. The lowest BCUT2D eigenvalue weighted by molar-refractivity contribution is 1.12. The molecule has 84 valence electrons. The van der Waals surface area contributed by atoms with Gasteiger partial charge in [0.2, 0.25) is 0 Å². The van der Waals surface area contributed by atoms with E-state index < -0.39 is 0 Å². The molecule has 0 amide bonds. The number of rotatable bonds is 3. The normalized spacial score (nSPS) is 10.4. The number of nitrogens with zero attached hydrogens (tertiary/aromatic N) is 1. The summed E-state index contributed by atoms with van der Waals surface area (Å²) >= 11 is 5.00. The minimum Gasteiger partial charge on any atom is -0.398 e. The van der Waals surface area contributed by atoms with Crippen molar-refractivity contribution in [1.82, 2.24) is 4.98 Å². The highest BCUT2D eigenvalue weighted by Crippen LogP contribution is 2.22. The SMILES string of the molecule is Cc1nc(Br)ccc1NCc1sccc1N. The molecule has 0 fully saturated rings. The van der Waals surface area contributed by atoms with Crippen LogP contribution in [0.15, 0.2) is 28.2 Å². The highest BCUT2D eigenvalue weighted by Gasteiger charge is 2.03. The second kappa shape index (κ2) is 4.84. The maximum absolute atomic E-state index is 5.81. The van der Waals surface area contributed by atoms with Crippen LogP contribution >= 0.6 is 27.3 Å². The first-order valence-electron chi connectivity index (χ1n) is 4.85. The van der Waals surface area contributed by atoms with Crippen molar-refractivity contribution in [3.8, 4) is 0 Å². The minimum atomic E-state index is 0.744. The first-order chi connectivity index (χ1) is 7.66. The Morgan fingerprint density at radius 1 is 1.44 bits per heavy atom. The van der Waals surface area contributed by atoms with Crippen LogP contribution in [0.2, 0.25) is 0 Å². The van der Waals surface area contributed by atoms with Gasteiger partial charge in [-0.15, -0.1) is 11.3 Å². The third kappa shape index (κ3) is 2.54. The summed E-state index contributed by atoms with van der Waals surface area (Å²) < 4.78 is 0.853. The van der Waals surface area contributed by atoms with Gasteiger partial charge < -0.3 is 11.1 Å². The van der Waals surface area contributed by atoms with Crippen LogP contribution in [0.3, 0.4) is 0 Å². The van der Waals surface area contributed by atoms with Crippen molar-refractivity contribution in [2.24, 2.45) is 0 Å². The highest BCUT2D eigenvalue weighted by atomic mass is 79.9. The number of hydrogen-bond donors (Lipinski definition) is 2. The van der Waals surface area contributed by atoms with Crippen molar-refractivity contribution < 1.29 is 0 Å². The molecule has 3 N–H and O–H groups in total. The van der Waals surface area contributed by atoms with Crippen molar-refractivity contribution in [3.63, 3.8) is 0 Å². The van der Waals surface area contributed by atoms with E-state index >= 15 is 0 Å². The Bertz CT molecular complexity index is 496. The van der Waals surface area contributed by atoms with E-state index in [1.807, 2.05) is 30.5 Å². The first kappa shape index (κ1) is 11.4. The highest BCUT2D eigenvalue weighted by molar-refractivity contribution is 9.10. The summed E-state index contributed by atoms with van der Waals surface area (Å²) in [5.41, 5.74) is 8.68. The number of aryl methyl sites for hydroxylation is 1. The molecule has 0 aliphatic rings. The number of pyridine rings is 1. The van der Waals surface area contributed by atoms with Crippen LogP contribution in [0.5, 0.6) is 0 Å². The van der Waals surface area contributed by atoms with E-state index in [4.69, 9.17) is 5.73 Å². The molecule has 0 saturated heterocycles. The molecular weight excluding hydrogens is 286 g/mol. The summed E-state index contributed by atoms with van der Waals surface area (Å²) in [5, 5.41) is 5.33. The van der Waals surface area contributed by atoms with Crippen molar-refractivity contribution in [2.75, 3.05) is 11.1 Å². The van der Waals surface area contributed by atoms with E-state index in [0.717, 1.165) is 33.1 Å². The summed E-state index contributed by atoms with van der Waals surface area (Å²) in [5.74, 6) is 0. The molecular formula is C11H12BrN3S. The summed E-state index contributed by atoms with van der Waals surface area (Å²) in [6.07, 6.45) is 0. The number of nitrogens with one attached hydrogen (secondary N) is 1. The third-order valence-electron chi connectivity index (χ3n) is 2.27. The number of halogens is 1. The lowest BCUT2D eigenvalue weighted by atomic mass is 10.3. The topological polar surface area (TPSA) is 50.9 Å². The lowest BCUT2D eigenvalue weighted by Gasteiger charge is -2.08. The molecule has 5 heteroatoms. The average Bonchev–Trinajstić information content (AvgIpc) is 2.63. The molecule has 0 aliphatic carbocycles. The molecule has 16 heavy (non-hydrogen) atoms. The van der Waals surface area contributed by atoms with Crippen LogP contribution in [-0.2, 0) is 6.54 Å². The van der Waals surface area contributed by atoms with Crippen molar-refractivity contribution in [1.29, 1.82) is 0 Å². The Morgan fingerprint density at radius 2 is 2.25 bits per heavy atom. The van der Waals surface area contributed by atoms with Gasteiger partial charge in [0.1, 0.15) is 4.60 Å². The van der Waals surface area contributed by atoms with Crippen molar-refractivity contribution in [3.05, 3.63) is 38.8 Å². The Labute approximate surface area is 107 Å². The second-order valence-electron chi connectivity index (χ2n) is 3.42. The number of anilines is 2. The fraction of sp³-hybridized carbons (Fsp3) is 0.182. The van der Waals surface area contributed by atoms with Crippen LogP contribution < -0.4 is 11.1 Å². The molecule has 0 radical (unpaired) electrons. The molecule has 0 aromatic carbocycles. The van der Waals surface area contributed by atoms with Gasteiger partial charge in [0.05, 0.1) is 17.9 Å². The van der Waals surface area contributed by atoms with Crippen LogP contribution in [0, 0.1) is 6.92 Å². The number of aromatic nitrogens is 1. The van der Waals surface area contributed by atoms with Gasteiger partial charge in [-0.2, -0.15) is 0 Å². The van der Waals surface area contributed by atoms with Gasteiger partial charge in [-0.05, 0) is 46.4 Å². The Hall–Kier alpha value is -1.07. The Balaban J connectivity index is 2.08. The Kier molecular flexibility index (Phi) is 3.46. The smallest absolute Gasteiger partial charge is 0.106 e. The van der Waals surface area contributed by atoms with Gasteiger partial charge in [0.25, 0.3) is 0 Å². The fourth-order valence-corrected chi connectivity index (χ4v) is 2.52. The van der Waals surface area contributed by atoms with Crippen molar-refractivity contribution >= 4 is 38.6 Å². The molecule has 2 aromatic heterocycles. The number of thiophene rings is 1. The van der Waals surface area contributed by atoms with E-state index in [1.165, 1.54) is 0 Å². The van der Waals surface area contributed by atoms with Crippen LogP contribution in [-0.4, -0.2) is 4.98 Å². The van der Waals surface area contributed by atoms with E-state index in [1.54, 1.807) is 11.3 Å². The minimum absolute atomic E-state index is 0.744. The quantitative estimate of drug-likeness (QED) is 0.854. The molecule has 0 spiro atoms. The molecule has 0 aliphatic heterocycles.